The third-order valence-corrected chi connectivity index (χ3v) is 1.11. The minimum atomic E-state index is 2.00. The van der Waals surface area contributed by atoms with Crippen molar-refractivity contribution in [3.8, 4) is 0 Å². The van der Waals surface area contributed by atoms with Crippen LogP contribution in [-0.4, -0.2) is 0 Å². The first-order valence-electron chi connectivity index (χ1n) is 3.46. The Hall–Kier alpha value is -0.864. The maximum absolute atomic E-state index is 9.19. The second-order valence-electron chi connectivity index (χ2n) is 1.92. The Morgan fingerprint density at radius 3 is 1.00 bits per heavy atom. The van der Waals surface area contributed by atoms with Gasteiger partial charge in [0.2, 0.25) is 0 Å². The molecule has 0 bridgehead atoms. The van der Waals surface area contributed by atoms with E-state index >= 15 is 0 Å². The van der Waals surface area contributed by atoms with Crippen LogP contribution in [0.15, 0.2) is 60.7 Å². The molecule has 0 atom stereocenters. The van der Waals surface area contributed by atoms with Gasteiger partial charge >= 0.3 is 19.8 Å². The molecule has 66 valence electrons. The maximum Gasteiger partial charge on any atom is -0.172 e. The van der Waals surface area contributed by atoms with E-state index in [-0.39, 0.29) is 0 Å². The summed E-state index contributed by atoms with van der Waals surface area (Å²) in [5.74, 6) is 0. The van der Waals surface area contributed by atoms with Crippen LogP contribution in [0.25, 0.3) is 0 Å². The number of hydrogen-bond acceptors (Lipinski definition) is 0. The summed E-state index contributed by atoms with van der Waals surface area (Å²) in [6.45, 7) is 0. The van der Waals surface area contributed by atoms with Crippen LogP contribution < -0.4 is 0 Å². The number of hydrogen-bond donors (Lipinski definition) is 0. The zero-order valence-corrected chi connectivity index (χ0v) is 7.53. The van der Waals surface area contributed by atoms with Gasteiger partial charge in [-0.25, -0.2) is 24.3 Å². The largest absolute Gasteiger partial charge is 0.214 e. The second-order valence-corrected chi connectivity index (χ2v) is 1.92. The molecule has 0 N–H and O–H groups in total. The summed E-state index contributed by atoms with van der Waals surface area (Å²) in [7, 11) is 0. The molecule has 0 radical (unpaired) electrons. The molecule has 0 aromatic heterocycles. The maximum atomic E-state index is 9.19. The SMILES string of the molecule is [F][Co+2].c1cc[cH-]c1.c1cc[cH-]c1. The molecule has 2 aromatic carbocycles. The van der Waals surface area contributed by atoms with E-state index < -0.39 is 0 Å². The van der Waals surface area contributed by atoms with Crippen LogP contribution in [0.1, 0.15) is 0 Å². The van der Waals surface area contributed by atoms with Crippen LogP contribution >= 0.6 is 0 Å². The van der Waals surface area contributed by atoms with Crippen molar-refractivity contribution >= 4 is 0 Å². The fourth-order valence-electron chi connectivity index (χ4n) is 0.642. The van der Waals surface area contributed by atoms with E-state index in [1.54, 1.807) is 0 Å². The molecule has 0 heterocycles. The van der Waals surface area contributed by atoms with Crippen LogP contribution in [-0.2, 0) is 16.2 Å². The molecule has 0 aliphatic heterocycles. The topological polar surface area (TPSA) is 0 Å². The normalized spacial score (nSPS) is 7.17. The van der Waals surface area contributed by atoms with Crippen molar-refractivity contribution in [3.63, 3.8) is 0 Å². The third-order valence-electron chi connectivity index (χ3n) is 1.11. The summed E-state index contributed by atoms with van der Waals surface area (Å²) in [6.07, 6.45) is 0. The van der Waals surface area contributed by atoms with E-state index in [4.69, 9.17) is 0 Å². The van der Waals surface area contributed by atoms with Crippen LogP contribution in [0.2, 0.25) is 0 Å². The van der Waals surface area contributed by atoms with Crippen molar-refractivity contribution in [2.75, 3.05) is 0 Å². The average Bonchev–Trinajstić information content (AvgIpc) is 2.87. The molecule has 0 amide bonds. The summed E-state index contributed by atoms with van der Waals surface area (Å²) in [6, 6.07) is 20.0. The Kier molecular flexibility index (Phi) is 9.41. The van der Waals surface area contributed by atoms with Crippen LogP contribution in [0, 0.1) is 0 Å². The van der Waals surface area contributed by atoms with Gasteiger partial charge in [0.05, 0.1) is 0 Å². The van der Waals surface area contributed by atoms with Gasteiger partial charge in [-0.05, 0) is 0 Å². The van der Waals surface area contributed by atoms with Crippen molar-refractivity contribution in [2.45, 2.75) is 0 Å². The van der Waals surface area contributed by atoms with Gasteiger partial charge in [0, 0.05) is 0 Å². The van der Waals surface area contributed by atoms with Gasteiger partial charge in [0.15, 0.2) is 0 Å². The minimum absolute atomic E-state index is 2.00. The van der Waals surface area contributed by atoms with E-state index in [0.29, 0.717) is 0 Å². The smallest absolute Gasteiger partial charge is 0.172 e. The second kappa shape index (κ2) is 10.1. The third kappa shape index (κ3) is 7.25. The van der Waals surface area contributed by atoms with E-state index in [0.717, 1.165) is 0 Å². The van der Waals surface area contributed by atoms with E-state index in [1.165, 1.54) is 0 Å². The molecule has 2 rings (SSSR count). The van der Waals surface area contributed by atoms with E-state index in [2.05, 4.69) is 16.2 Å². The Labute approximate surface area is 80.8 Å². The summed E-state index contributed by atoms with van der Waals surface area (Å²) < 4.78 is 9.19. The first-order valence-corrected chi connectivity index (χ1v) is 3.85. The Morgan fingerprint density at radius 2 is 0.917 bits per heavy atom. The minimum Gasteiger partial charge on any atom is -0.214 e. The Morgan fingerprint density at radius 1 is 0.667 bits per heavy atom. The van der Waals surface area contributed by atoms with Crippen LogP contribution in [0.3, 0.4) is 0 Å². The molecule has 2 aromatic rings. The molecule has 0 saturated carbocycles. The van der Waals surface area contributed by atoms with Gasteiger partial charge in [-0.3, -0.25) is 0 Å². The van der Waals surface area contributed by atoms with Crippen molar-refractivity contribution in [2.24, 2.45) is 0 Å². The Bertz CT molecular complexity index is 149. The fourth-order valence-corrected chi connectivity index (χ4v) is 0.642. The zero-order chi connectivity index (χ0) is 9.07. The average molecular weight is 208 g/mol. The molecule has 0 unspecified atom stereocenters. The molecule has 0 nitrogen and oxygen atoms in total. The monoisotopic (exact) mass is 208 g/mol. The standard InChI is InChI=1S/2C5H5.Co.FH/c2*1-2-4-5-3-1;;/h2*1-5H;;1H/q2*-1;+3;/p-1. The van der Waals surface area contributed by atoms with Crippen LogP contribution in [0.4, 0.5) is 3.58 Å². The zero-order valence-electron chi connectivity index (χ0n) is 6.48. The van der Waals surface area contributed by atoms with Crippen molar-refractivity contribution < 1.29 is 19.8 Å². The predicted molar refractivity (Wildman–Crippen MR) is 45.2 cm³/mol. The Balaban J connectivity index is 0.000000168. The molecule has 0 aliphatic carbocycles. The molecule has 0 aliphatic rings. The molecule has 12 heavy (non-hydrogen) atoms. The quantitative estimate of drug-likeness (QED) is 0.583. The number of halogens is 1. The molecule has 2 heteroatoms. The molecular weight excluding hydrogens is 198 g/mol. The summed E-state index contributed by atoms with van der Waals surface area (Å²) in [5.41, 5.74) is 0. The molecule has 0 spiro atoms. The molecule has 0 saturated heterocycles. The first kappa shape index (κ1) is 11.1. The molecule has 0 fully saturated rings. The molecular formula is C10H10CoF. The van der Waals surface area contributed by atoms with E-state index in [9.17, 15) is 3.58 Å². The number of rotatable bonds is 0. The van der Waals surface area contributed by atoms with Crippen molar-refractivity contribution in [1.29, 1.82) is 0 Å². The van der Waals surface area contributed by atoms with Crippen molar-refractivity contribution in [3.05, 3.63) is 60.7 Å². The van der Waals surface area contributed by atoms with Gasteiger partial charge < -0.3 is 0 Å². The van der Waals surface area contributed by atoms with E-state index in [1.807, 2.05) is 60.7 Å². The van der Waals surface area contributed by atoms with Gasteiger partial charge in [-0.15, -0.1) is 0 Å². The predicted octanol–water partition coefficient (Wildman–Crippen LogP) is 3.23. The summed E-state index contributed by atoms with van der Waals surface area (Å²) >= 11 is 2.06. The first-order chi connectivity index (χ1) is 6.00. The van der Waals surface area contributed by atoms with Gasteiger partial charge in [0.1, 0.15) is 0 Å². The fraction of sp³-hybridized carbons (Fsp3) is 0. The van der Waals surface area contributed by atoms with Crippen LogP contribution in [0.5, 0.6) is 0 Å². The van der Waals surface area contributed by atoms with Gasteiger partial charge in [-0.1, -0.05) is 0 Å². The van der Waals surface area contributed by atoms with Gasteiger partial charge in [-0.2, -0.15) is 36.4 Å². The summed E-state index contributed by atoms with van der Waals surface area (Å²) in [4.78, 5) is 0. The summed E-state index contributed by atoms with van der Waals surface area (Å²) in [5, 5.41) is 0. The van der Waals surface area contributed by atoms with Gasteiger partial charge in [0.25, 0.3) is 0 Å². The van der Waals surface area contributed by atoms with Crippen molar-refractivity contribution in [1.82, 2.24) is 0 Å².